The van der Waals surface area contributed by atoms with Crippen LogP contribution in [0.5, 0.6) is 0 Å². The first kappa shape index (κ1) is 9.11. The normalized spacial score (nSPS) is 12.5. The molecule has 0 unspecified atom stereocenters. The first-order valence-electron chi connectivity index (χ1n) is 3.06. The van der Waals surface area contributed by atoms with Crippen LogP contribution in [0.3, 0.4) is 0 Å². The summed E-state index contributed by atoms with van der Waals surface area (Å²) in [7, 11) is 0. The van der Waals surface area contributed by atoms with Crippen molar-refractivity contribution in [3.8, 4) is 0 Å². The number of hydrogen-bond donors (Lipinski definition) is 1. The van der Waals surface area contributed by atoms with Crippen LogP contribution in [0.25, 0.3) is 0 Å². The van der Waals surface area contributed by atoms with Gasteiger partial charge in [-0.05, 0) is 13.0 Å². The van der Waals surface area contributed by atoms with Crippen molar-refractivity contribution < 1.29 is 4.39 Å². The molecular formula is C8H12FN. The first-order valence-corrected chi connectivity index (χ1v) is 3.06. The van der Waals surface area contributed by atoms with Gasteiger partial charge in [0.05, 0.1) is 0 Å². The molecule has 10 heavy (non-hydrogen) atoms. The Labute approximate surface area is 60.7 Å². The molecule has 2 heteroatoms. The van der Waals surface area contributed by atoms with Crippen molar-refractivity contribution in [3.05, 3.63) is 36.2 Å². The minimum Gasteiger partial charge on any atom is -0.327 e. The molecule has 0 rings (SSSR count). The summed E-state index contributed by atoms with van der Waals surface area (Å²) in [5.74, 6) is -0.440. The van der Waals surface area contributed by atoms with Crippen molar-refractivity contribution in [2.75, 3.05) is 6.54 Å². The van der Waals surface area contributed by atoms with Crippen molar-refractivity contribution in [1.82, 2.24) is 0 Å². The highest BCUT2D eigenvalue weighted by molar-refractivity contribution is 5.21. The highest BCUT2D eigenvalue weighted by atomic mass is 19.1. The Morgan fingerprint density at radius 2 is 2.20 bits per heavy atom. The van der Waals surface area contributed by atoms with E-state index in [4.69, 9.17) is 5.73 Å². The summed E-state index contributed by atoms with van der Waals surface area (Å²) in [6.07, 6.45) is 4.75. The van der Waals surface area contributed by atoms with E-state index in [-0.39, 0.29) is 0 Å². The van der Waals surface area contributed by atoms with Gasteiger partial charge < -0.3 is 5.73 Å². The Balaban J connectivity index is 3.89. The minimum absolute atomic E-state index is 0.440. The molecule has 0 aliphatic rings. The summed E-state index contributed by atoms with van der Waals surface area (Å²) in [5, 5.41) is 0. The van der Waals surface area contributed by atoms with E-state index < -0.39 is 5.83 Å². The van der Waals surface area contributed by atoms with Crippen molar-refractivity contribution in [1.29, 1.82) is 0 Å². The highest BCUT2D eigenvalue weighted by Crippen LogP contribution is 1.98. The standard InChI is InChI=1S/C8H12FN/c1-7(5-6-10)3-4-8(2)9/h3-5H,2,6,10H2,1H3/b4-3-,7-5+. The van der Waals surface area contributed by atoms with E-state index in [1.165, 1.54) is 6.08 Å². The lowest BCUT2D eigenvalue weighted by atomic mass is 10.2. The first-order chi connectivity index (χ1) is 4.66. The summed E-state index contributed by atoms with van der Waals surface area (Å²) in [6, 6.07) is 0. The molecule has 0 saturated carbocycles. The molecule has 0 radical (unpaired) electrons. The molecule has 2 N–H and O–H groups in total. The molecule has 0 fully saturated rings. The zero-order valence-electron chi connectivity index (χ0n) is 6.10. The van der Waals surface area contributed by atoms with Gasteiger partial charge in [0, 0.05) is 6.54 Å². The fourth-order valence-electron chi connectivity index (χ4n) is 0.476. The van der Waals surface area contributed by atoms with Gasteiger partial charge in [-0.1, -0.05) is 24.3 Å². The molecule has 0 aromatic rings. The maximum Gasteiger partial charge on any atom is 0.116 e. The van der Waals surface area contributed by atoms with E-state index in [9.17, 15) is 4.39 Å². The van der Waals surface area contributed by atoms with Gasteiger partial charge in [0.15, 0.2) is 0 Å². The van der Waals surface area contributed by atoms with Gasteiger partial charge in [0.2, 0.25) is 0 Å². The number of halogens is 1. The predicted molar refractivity (Wildman–Crippen MR) is 42.2 cm³/mol. The van der Waals surface area contributed by atoms with Crippen LogP contribution in [0.1, 0.15) is 6.92 Å². The monoisotopic (exact) mass is 141 g/mol. The number of rotatable bonds is 3. The van der Waals surface area contributed by atoms with E-state index in [1.54, 1.807) is 12.2 Å². The molecule has 0 amide bonds. The average molecular weight is 141 g/mol. The summed E-state index contributed by atoms with van der Waals surface area (Å²) in [4.78, 5) is 0. The molecule has 0 aromatic carbocycles. The molecular weight excluding hydrogens is 129 g/mol. The van der Waals surface area contributed by atoms with Crippen LogP contribution < -0.4 is 5.73 Å². The van der Waals surface area contributed by atoms with Gasteiger partial charge in [-0.2, -0.15) is 0 Å². The van der Waals surface area contributed by atoms with E-state index in [2.05, 4.69) is 6.58 Å². The molecule has 0 heterocycles. The molecule has 0 aromatic heterocycles. The molecule has 0 spiro atoms. The van der Waals surface area contributed by atoms with Crippen LogP contribution in [-0.2, 0) is 0 Å². The van der Waals surface area contributed by atoms with Gasteiger partial charge in [-0.15, -0.1) is 0 Å². The Bertz CT molecular complexity index is 168. The van der Waals surface area contributed by atoms with Crippen LogP contribution in [0.15, 0.2) is 36.2 Å². The summed E-state index contributed by atoms with van der Waals surface area (Å²) < 4.78 is 12.0. The molecule has 0 aliphatic heterocycles. The third kappa shape index (κ3) is 5.25. The summed E-state index contributed by atoms with van der Waals surface area (Å²) in [5.41, 5.74) is 6.16. The molecule has 0 saturated heterocycles. The Kier molecular flexibility index (Phi) is 4.50. The highest BCUT2D eigenvalue weighted by Gasteiger charge is 1.80. The Morgan fingerprint density at radius 1 is 1.60 bits per heavy atom. The zero-order valence-corrected chi connectivity index (χ0v) is 6.10. The van der Waals surface area contributed by atoms with E-state index in [1.807, 2.05) is 6.92 Å². The second-order valence-corrected chi connectivity index (χ2v) is 1.96. The Hall–Kier alpha value is -0.890. The molecule has 0 bridgehead atoms. The van der Waals surface area contributed by atoms with E-state index >= 15 is 0 Å². The van der Waals surface area contributed by atoms with Gasteiger partial charge in [0.1, 0.15) is 5.83 Å². The van der Waals surface area contributed by atoms with Gasteiger partial charge >= 0.3 is 0 Å². The quantitative estimate of drug-likeness (QED) is 0.597. The van der Waals surface area contributed by atoms with Gasteiger partial charge in [0.25, 0.3) is 0 Å². The second-order valence-electron chi connectivity index (χ2n) is 1.96. The maximum absolute atomic E-state index is 12.0. The number of nitrogens with two attached hydrogens (primary N) is 1. The summed E-state index contributed by atoms with van der Waals surface area (Å²) >= 11 is 0. The largest absolute Gasteiger partial charge is 0.327 e. The zero-order chi connectivity index (χ0) is 7.98. The second kappa shape index (κ2) is 4.94. The topological polar surface area (TPSA) is 26.0 Å². The third-order valence-corrected chi connectivity index (χ3v) is 0.967. The van der Waals surface area contributed by atoms with Crippen LogP contribution >= 0.6 is 0 Å². The lowest BCUT2D eigenvalue weighted by Crippen LogP contribution is -1.93. The fourth-order valence-corrected chi connectivity index (χ4v) is 0.476. The molecule has 56 valence electrons. The SMILES string of the molecule is C=C(F)/C=C\C(C)=C\CN. The van der Waals surface area contributed by atoms with Crippen LogP contribution in [0.2, 0.25) is 0 Å². The fraction of sp³-hybridized carbons (Fsp3) is 0.250. The van der Waals surface area contributed by atoms with E-state index in [0.29, 0.717) is 6.54 Å². The van der Waals surface area contributed by atoms with Gasteiger partial charge in [-0.25, -0.2) is 4.39 Å². The summed E-state index contributed by atoms with van der Waals surface area (Å²) in [6.45, 7) is 5.41. The molecule has 0 aliphatic carbocycles. The smallest absolute Gasteiger partial charge is 0.116 e. The van der Waals surface area contributed by atoms with Crippen molar-refractivity contribution in [2.24, 2.45) is 5.73 Å². The number of allylic oxidation sites excluding steroid dienone is 4. The van der Waals surface area contributed by atoms with Crippen LogP contribution in [0, 0.1) is 0 Å². The van der Waals surface area contributed by atoms with Crippen LogP contribution in [-0.4, -0.2) is 6.54 Å². The molecule has 1 nitrogen and oxygen atoms in total. The lowest BCUT2D eigenvalue weighted by molar-refractivity contribution is 0.671. The van der Waals surface area contributed by atoms with Crippen molar-refractivity contribution in [3.63, 3.8) is 0 Å². The van der Waals surface area contributed by atoms with Crippen LogP contribution in [0.4, 0.5) is 4.39 Å². The van der Waals surface area contributed by atoms with Crippen molar-refractivity contribution in [2.45, 2.75) is 6.92 Å². The maximum atomic E-state index is 12.0. The average Bonchev–Trinajstić information content (AvgIpc) is 1.85. The molecule has 0 atom stereocenters. The van der Waals surface area contributed by atoms with Crippen molar-refractivity contribution >= 4 is 0 Å². The minimum atomic E-state index is -0.440. The van der Waals surface area contributed by atoms with Gasteiger partial charge in [-0.3, -0.25) is 0 Å². The predicted octanol–water partition coefficient (Wildman–Crippen LogP) is 1.93. The Morgan fingerprint density at radius 3 is 2.60 bits per heavy atom. The third-order valence-electron chi connectivity index (χ3n) is 0.967. The van der Waals surface area contributed by atoms with E-state index in [0.717, 1.165) is 5.57 Å². The number of hydrogen-bond acceptors (Lipinski definition) is 1. The lowest BCUT2D eigenvalue weighted by Gasteiger charge is -1.87.